The van der Waals surface area contributed by atoms with E-state index in [0.29, 0.717) is 5.13 Å². The zero-order chi connectivity index (χ0) is 9.80. The second-order valence-electron chi connectivity index (χ2n) is 2.58. The smallest absolute Gasteiger partial charge is 0.218 e. The Bertz CT molecular complexity index is 472. The fourth-order valence-corrected chi connectivity index (χ4v) is 1.74. The Morgan fingerprint density at radius 1 is 1.29 bits per heavy atom. The lowest BCUT2D eigenvalue weighted by Crippen LogP contribution is -1.74. The molecule has 1 aromatic carbocycles. The predicted octanol–water partition coefficient (Wildman–Crippen LogP) is 2.78. The first-order valence-corrected chi connectivity index (χ1v) is 4.87. The summed E-state index contributed by atoms with van der Waals surface area (Å²) in [6.07, 6.45) is 1.47. The minimum absolute atomic E-state index is 0.443. The van der Waals surface area contributed by atoms with E-state index in [1.54, 1.807) is 0 Å². The summed E-state index contributed by atoms with van der Waals surface area (Å²) in [5, 5.41) is 2.31. The fourth-order valence-electron chi connectivity index (χ4n) is 1.10. The summed E-state index contributed by atoms with van der Waals surface area (Å²) in [5.74, 6) is 0. The van der Waals surface area contributed by atoms with Gasteiger partial charge < -0.3 is 0 Å². The lowest BCUT2D eigenvalue weighted by molar-refractivity contribution is 0.565. The van der Waals surface area contributed by atoms with Gasteiger partial charge in [0.25, 0.3) is 0 Å². The summed E-state index contributed by atoms with van der Waals surface area (Å²) in [6.45, 7) is 0. The van der Waals surface area contributed by atoms with Gasteiger partial charge in [-0.05, 0) is 0 Å². The first kappa shape index (κ1) is 8.81. The average molecular weight is 202 g/mol. The summed E-state index contributed by atoms with van der Waals surface area (Å²) in [7, 11) is 0. The largest absolute Gasteiger partial charge is 0.242 e. The molecule has 3 nitrogen and oxygen atoms in total. The Balaban J connectivity index is 2.39. The van der Waals surface area contributed by atoms with E-state index in [2.05, 4.69) is 9.98 Å². The van der Waals surface area contributed by atoms with Crippen LogP contribution < -0.4 is 0 Å². The summed E-state index contributed by atoms with van der Waals surface area (Å²) in [5.41, 5.74) is 1.86. The van der Waals surface area contributed by atoms with E-state index in [1.807, 2.05) is 35.7 Å². The minimum atomic E-state index is 0.443. The molecule has 0 radical (unpaired) electrons. The van der Waals surface area contributed by atoms with E-state index >= 15 is 0 Å². The van der Waals surface area contributed by atoms with E-state index < -0.39 is 0 Å². The Hall–Kier alpha value is -1.77. The van der Waals surface area contributed by atoms with Crippen LogP contribution in [0.4, 0.5) is 5.13 Å². The average Bonchev–Trinajstić information content (AvgIpc) is 2.68. The number of isocyanates is 1. The van der Waals surface area contributed by atoms with Crippen molar-refractivity contribution in [2.45, 2.75) is 0 Å². The van der Waals surface area contributed by atoms with E-state index in [1.165, 1.54) is 17.4 Å². The number of aliphatic imine (C=N–C) groups is 1. The van der Waals surface area contributed by atoms with Crippen molar-refractivity contribution < 1.29 is 4.79 Å². The fraction of sp³-hybridized carbons (Fsp3) is 0. The predicted molar refractivity (Wildman–Crippen MR) is 55.3 cm³/mol. The molecule has 0 aliphatic carbocycles. The van der Waals surface area contributed by atoms with Gasteiger partial charge in [0.1, 0.15) is 0 Å². The monoisotopic (exact) mass is 202 g/mol. The van der Waals surface area contributed by atoms with Gasteiger partial charge in [-0.1, -0.05) is 30.3 Å². The molecule has 1 heterocycles. The van der Waals surface area contributed by atoms with Crippen molar-refractivity contribution in [2.24, 2.45) is 4.99 Å². The molecule has 0 amide bonds. The standard InChI is InChI=1S/C10H6N2OS/c13-7-11-10-12-9(6-14-10)8-4-2-1-3-5-8/h1-6H. The van der Waals surface area contributed by atoms with Gasteiger partial charge in [-0.25, -0.2) is 9.78 Å². The zero-order valence-electron chi connectivity index (χ0n) is 7.18. The van der Waals surface area contributed by atoms with Crippen LogP contribution in [0.2, 0.25) is 0 Å². The van der Waals surface area contributed by atoms with Crippen LogP contribution in [0.15, 0.2) is 40.7 Å². The number of hydrogen-bond donors (Lipinski definition) is 0. The van der Waals surface area contributed by atoms with Crippen LogP contribution in [0.3, 0.4) is 0 Å². The van der Waals surface area contributed by atoms with Crippen molar-refractivity contribution >= 4 is 22.5 Å². The number of carbonyl (C=O) groups excluding carboxylic acids is 1. The Kier molecular flexibility index (Phi) is 2.49. The van der Waals surface area contributed by atoms with E-state index in [-0.39, 0.29) is 0 Å². The molecule has 0 fully saturated rings. The molecule has 2 aromatic rings. The molecule has 0 aliphatic rings. The summed E-state index contributed by atoms with van der Waals surface area (Å²) >= 11 is 1.33. The van der Waals surface area contributed by atoms with Crippen molar-refractivity contribution in [2.75, 3.05) is 0 Å². The van der Waals surface area contributed by atoms with E-state index in [0.717, 1.165) is 11.3 Å². The summed E-state index contributed by atoms with van der Waals surface area (Å²) in [6, 6.07) is 9.75. The molecule has 0 saturated carbocycles. The molecule has 0 unspecified atom stereocenters. The molecule has 1 aromatic heterocycles. The number of benzene rings is 1. The van der Waals surface area contributed by atoms with Crippen LogP contribution >= 0.6 is 11.3 Å². The van der Waals surface area contributed by atoms with Gasteiger partial charge in [0.2, 0.25) is 11.2 Å². The van der Waals surface area contributed by atoms with Gasteiger partial charge in [0.15, 0.2) is 0 Å². The molecule has 0 bridgehead atoms. The first-order valence-electron chi connectivity index (χ1n) is 3.99. The maximum Gasteiger partial charge on any atom is 0.242 e. The van der Waals surface area contributed by atoms with Gasteiger partial charge >= 0.3 is 0 Å². The molecule has 0 spiro atoms. The highest BCUT2D eigenvalue weighted by Gasteiger charge is 2.01. The maximum absolute atomic E-state index is 10.00. The van der Waals surface area contributed by atoms with Crippen molar-refractivity contribution in [1.29, 1.82) is 0 Å². The van der Waals surface area contributed by atoms with Gasteiger partial charge in [0.05, 0.1) is 5.69 Å². The number of aromatic nitrogens is 1. The van der Waals surface area contributed by atoms with Crippen molar-refractivity contribution in [3.8, 4) is 11.3 Å². The lowest BCUT2D eigenvalue weighted by Gasteiger charge is -1.92. The van der Waals surface area contributed by atoms with E-state index in [4.69, 9.17) is 0 Å². The topological polar surface area (TPSA) is 42.3 Å². The van der Waals surface area contributed by atoms with Gasteiger partial charge in [-0.15, -0.1) is 16.3 Å². The third-order valence-electron chi connectivity index (χ3n) is 1.70. The number of hydrogen-bond acceptors (Lipinski definition) is 4. The molecule has 0 atom stereocenters. The highest BCUT2D eigenvalue weighted by molar-refractivity contribution is 7.13. The molecule has 0 saturated heterocycles. The highest BCUT2D eigenvalue weighted by Crippen LogP contribution is 2.25. The molecule has 68 valence electrons. The van der Waals surface area contributed by atoms with Crippen LogP contribution in [0.5, 0.6) is 0 Å². The molecular formula is C10H6N2OS. The van der Waals surface area contributed by atoms with Crippen LogP contribution in [0.1, 0.15) is 0 Å². The van der Waals surface area contributed by atoms with Crippen LogP contribution in [0, 0.1) is 0 Å². The highest BCUT2D eigenvalue weighted by atomic mass is 32.1. The number of thiazole rings is 1. The third kappa shape index (κ3) is 1.76. The minimum Gasteiger partial charge on any atom is -0.218 e. The molecule has 0 N–H and O–H groups in total. The second-order valence-corrected chi connectivity index (χ2v) is 3.42. The molecular weight excluding hydrogens is 196 g/mol. The number of rotatable bonds is 2. The Labute approximate surface area is 84.8 Å². The summed E-state index contributed by atoms with van der Waals surface area (Å²) in [4.78, 5) is 17.6. The Morgan fingerprint density at radius 3 is 2.79 bits per heavy atom. The van der Waals surface area contributed by atoms with Gasteiger partial charge in [-0.2, -0.15) is 0 Å². The summed E-state index contributed by atoms with van der Waals surface area (Å²) < 4.78 is 0. The quantitative estimate of drug-likeness (QED) is 0.555. The van der Waals surface area contributed by atoms with Crippen LogP contribution in [-0.2, 0) is 4.79 Å². The molecule has 2 rings (SSSR count). The van der Waals surface area contributed by atoms with Crippen molar-refractivity contribution in [3.05, 3.63) is 35.7 Å². The molecule has 4 heteroatoms. The number of nitrogens with zero attached hydrogens (tertiary/aromatic N) is 2. The Morgan fingerprint density at radius 2 is 2.07 bits per heavy atom. The SMILES string of the molecule is O=C=Nc1nc(-c2ccccc2)cs1. The third-order valence-corrected chi connectivity index (χ3v) is 2.44. The van der Waals surface area contributed by atoms with Crippen LogP contribution in [0.25, 0.3) is 11.3 Å². The molecule has 0 aliphatic heterocycles. The lowest BCUT2D eigenvalue weighted by atomic mass is 10.2. The van der Waals surface area contributed by atoms with Gasteiger partial charge in [-0.3, -0.25) is 0 Å². The second kappa shape index (κ2) is 3.96. The van der Waals surface area contributed by atoms with Gasteiger partial charge in [0, 0.05) is 10.9 Å². The maximum atomic E-state index is 10.00. The molecule has 14 heavy (non-hydrogen) atoms. The van der Waals surface area contributed by atoms with Crippen molar-refractivity contribution in [3.63, 3.8) is 0 Å². The zero-order valence-corrected chi connectivity index (χ0v) is 7.99. The van der Waals surface area contributed by atoms with Crippen LogP contribution in [-0.4, -0.2) is 11.1 Å². The normalized spacial score (nSPS) is 9.43. The first-order chi connectivity index (χ1) is 6.90. The van der Waals surface area contributed by atoms with Crippen molar-refractivity contribution in [1.82, 2.24) is 4.98 Å². The van der Waals surface area contributed by atoms with E-state index in [9.17, 15) is 4.79 Å².